The summed E-state index contributed by atoms with van der Waals surface area (Å²) in [5.41, 5.74) is 4.24. The van der Waals surface area contributed by atoms with Gasteiger partial charge in [-0.15, -0.1) is 0 Å². The van der Waals surface area contributed by atoms with E-state index < -0.39 is 0 Å². The molecule has 0 aliphatic rings. The van der Waals surface area contributed by atoms with Crippen LogP contribution in [-0.4, -0.2) is 15.8 Å². The van der Waals surface area contributed by atoms with Gasteiger partial charge in [-0.2, -0.15) is 5.10 Å². The second-order valence-corrected chi connectivity index (χ2v) is 4.39. The summed E-state index contributed by atoms with van der Waals surface area (Å²) in [4.78, 5) is 4.08. The minimum Gasteiger partial charge on any atom is -0.316 e. The van der Waals surface area contributed by atoms with Gasteiger partial charge in [0.25, 0.3) is 0 Å². The van der Waals surface area contributed by atoms with Gasteiger partial charge in [-0.3, -0.25) is 5.43 Å². The van der Waals surface area contributed by atoms with Crippen LogP contribution in [0.25, 0.3) is 0 Å². The van der Waals surface area contributed by atoms with Crippen molar-refractivity contribution in [2.75, 3.05) is 5.32 Å². The summed E-state index contributed by atoms with van der Waals surface area (Å²) in [6, 6.07) is 11.6. The maximum atomic E-state index is 12.8. The number of thiocarbonyl (C=S) groups is 1. The van der Waals surface area contributed by atoms with Gasteiger partial charge in [-0.05, 0) is 49.0 Å². The predicted octanol–water partition coefficient (Wildman–Crippen LogP) is 2.93. The van der Waals surface area contributed by atoms with Gasteiger partial charge < -0.3 is 5.32 Å². The maximum Gasteiger partial charge on any atom is 0.192 e. The molecule has 4 nitrogen and oxygen atoms in total. The highest BCUT2D eigenvalue weighted by Crippen LogP contribution is 2.04. The fourth-order valence-electron chi connectivity index (χ4n) is 1.47. The normalized spacial score (nSPS) is 11.0. The molecule has 2 N–H and O–H groups in total. The van der Waals surface area contributed by atoms with Gasteiger partial charge in [0, 0.05) is 6.20 Å². The van der Waals surface area contributed by atoms with E-state index >= 15 is 0 Å². The molecule has 0 aliphatic carbocycles. The summed E-state index contributed by atoms with van der Waals surface area (Å²) in [7, 11) is 0. The van der Waals surface area contributed by atoms with Crippen molar-refractivity contribution >= 4 is 28.9 Å². The Labute approximate surface area is 121 Å². The molecule has 0 saturated carbocycles. The smallest absolute Gasteiger partial charge is 0.192 e. The molecule has 0 bridgehead atoms. The molecule has 0 aliphatic heterocycles. The number of benzene rings is 1. The fraction of sp³-hybridized carbons (Fsp3) is 0.0714. The average molecular weight is 288 g/mol. The third kappa shape index (κ3) is 4.10. The first-order chi connectivity index (χ1) is 9.65. The van der Waals surface area contributed by atoms with Gasteiger partial charge in [0.15, 0.2) is 5.11 Å². The Bertz CT molecular complexity index is 611. The van der Waals surface area contributed by atoms with Crippen LogP contribution < -0.4 is 10.7 Å². The first-order valence-corrected chi connectivity index (χ1v) is 6.34. The van der Waals surface area contributed by atoms with Crippen molar-refractivity contribution in [3.05, 3.63) is 60.0 Å². The van der Waals surface area contributed by atoms with Crippen LogP contribution in [0.15, 0.2) is 53.8 Å². The zero-order valence-corrected chi connectivity index (χ0v) is 11.6. The zero-order chi connectivity index (χ0) is 14.4. The van der Waals surface area contributed by atoms with Gasteiger partial charge in [0.1, 0.15) is 11.6 Å². The molecule has 1 heterocycles. The lowest BCUT2D eigenvalue weighted by atomic mass is 10.1. The molecule has 0 spiro atoms. The summed E-state index contributed by atoms with van der Waals surface area (Å²) in [6.45, 7) is 1.81. The van der Waals surface area contributed by atoms with Crippen molar-refractivity contribution in [3.8, 4) is 0 Å². The first-order valence-electron chi connectivity index (χ1n) is 5.93. The minimum atomic E-state index is -0.276. The Morgan fingerprint density at radius 3 is 2.60 bits per heavy atom. The number of rotatable bonds is 3. The SMILES string of the molecule is C/C(=N\NC(=S)Nc1ccccn1)c1ccc(F)cc1. The molecule has 6 heteroatoms. The monoisotopic (exact) mass is 288 g/mol. The number of hydrazone groups is 1. The van der Waals surface area contributed by atoms with Crippen LogP contribution in [0.2, 0.25) is 0 Å². The number of nitrogens with zero attached hydrogens (tertiary/aromatic N) is 2. The highest BCUT2D eigenvalue weighted by molar-refractivity contribution is 7.80. The molecule has 0 radical (unpaired) electrons. The van der Waals surface area contributed by atoms with E-state index in [0.717, 1.165) is 5.56 Å². The van der Waals surface area contributed by atoms with E-state index in [2.05, 4.69) is 20.8 Å². The Balaban J connectivity index is 1.95. The lowest BCUT2D eigenvalue weighted by Crippen LogP contribution is -2.25. The second kappa shape index (κ2) is 6.72. The van der Waals surface area contributed by atoms with Crippen molar-refractivity contribution < 1.29 is 4.39 Å². The first kappa shape index (κ1) is 14.1. The van der Waals surface area contributed by atoms with Gasteiger partial charge in [0.2, 0.25) is 0 Å². The number of halogens is 1. The van der Waals surface area contributed by atoms with Crippen LogP contribution in [0, 0.1) is 5.82 Å². The van der Waals surface area contributed by atoms with Crippen LogP contribution in [0.1, 0.15) is 12.5 Å². The van der Waals surface area contributed by atoms with Gasteiger partial charge in [0.05, 0.1) is 5.71 Å². The second-order valence-electron chi connectivity index (χ2n) is 3.99. The molecule has 1 aromatic heterocycles. The third-order valence-electron chi connectivity index (χ3n) is 2.49. The topological polar surface area (TPSA) is 49.3 Å². The number of nitrogens with one attached hydrogen (secondary N) is 2. The molecule has 2 rings (SSSR count). The number of anilines is 1. The molecule has 2 aromatic rings. The largest absolute Gasteiger partial charge is 0.316 e. The van der Waals surface area contributed by atoms with E-state index in [1.165, 1.54) is 12.1 Å². The fourth-order valence-corrected chi connectivity index (χ4v) is 1.62. The van der Waals surface area contributed by atoms with Gasteiger partial charge in [-0.25, -0.2) is 9.37 Å². The summed E-state index contributed by atoms with van der Waals surface area (Å²) < 4.78 is 12.8. The van der Waals surface area contributed by atoms with E-state index in [1.807, 2.05) is 19.1 Å². The molecule has 0 amide bonds. The number of hydrogen-bond acceptors (Lipinski definition) is 3. The predicted molar refractivity (Wildman–Crippen MR) is 82.2 cm³/mol. The Morgan fingerprint density at radius 2 is 1.95 bits per heavy atom. The quantitative estimate of drug-likeness (QED) is 0.518. The molecule has 1 aromatic carbocycles. The lowest BCUT2D eigenvalue weighted by Gasteiger charge is -2.07. The van der Waals surface area contributed by atoms with Crippen LogP contribution >= 0.6 is 12.2 Å². The maximum absolute atomic E-state index is 12.8. The average Bonchev–Trinajstić information content (AvgIpc) is 2.46. The van der Waals surface area contributed by atoms with Crippen LogP contribution in [0.3, 0.4) is 0 Å². The summed E-state index contributed by atoms with van der Waals surface area (Å²) >= 11 is 5.10. The third-order valence-corrected chi connectivity index (χ3v) is 2.69. The summed E-state index contributed by atoms with van der Waals surface area (Å²) in [5.74, 6) is 0.362. The molecular formula is C14H13FN4S. The van der Waals surface area contributed by atoms with Crippen molar-refractivity contribution in [2.45, 2.75) is 6.92 Å². The molecule has 102 valence electrons. The standard InChI is InChI=1S/C14H13FN4S/c1-10(11-5-7-12(15)8-6-11)18-19-14(20)17-13-4-2-3-9-16-13/h2-9H,1H3,(H2,16,17,19,20)/b18-10+. The van der Waals surface area contributed by atoms with E-state index in [4.69, 9.17) is 12.2 Å². The van der Waals surface area contributed by atoms with Crippen LogP contribution in [0.5, 0.6) is 0 Å². The molecule has 20 heavy (non-hydrogen) atoms. The highest BCUT2D eigenvalue weighted by Gasteiger charge is 1.99. The lowest BCUT2D eigenvalue weighted by molar-refractivity contribution is 0.628. The Morgan fingerprint density at radius 1 is 1.20 bits per heavy atom. The Kier molecular flexibility index (Phi) is 4.73. The zero-order valence-electron chi connectivity index (χ0n) is 10.8. The van der Waals surface area contributed by atoms with E-state index in [0.29, 0.717) is 16.6 Å². The molecule has 0 saturated heterocycles. The minimum absolute atomic E-state index is 0.276. The van der Waals surface area contributed by atoms with Crippen LogP contribution in [0.4, 0.5) is 10.2 Å². The molecule has 0 fully saturated rings. The molecular weight excluding hydrogens is 275 g/mol. The summed E-state index contributed by atoms with van der Waals surface area (Å²) in [6.07, 6.45) is 1.66. The number of pyridine rings is 1. The van der Waals surface area contributed by atoms with E-state index in [9.17, 15) is 4.39 Å². The van der Waals surface area contributed by atoms with Crippen molar-refractivity contribution in [2.24, 2.45) is 5.10 Å². The van der Waals surface area contributed by atoms with E-state index in [-0.39, 0.29) is 5.82 Å². The van der Waals surface area contributed by atoms with Crippen molar-refractivity contribution in [3.63, 3.8) is 0 Å². The van der Waals surface area contributed by atoms with Crippen LogP contribution in [-0.2, 0) is 0 Å². The Hall–Kier alpha value is -2.34. The number of hydrogen-bond donors (Lipinski definition) is 2. The van der Waals surface area contributed by atoms with Crippen molar-refractivity contribution in [1.29, 1.82) is 0 Å². The van der Waals surface area contributed by atoms with Gasteiger partial charge in [-0.1, -0.05) is 18.2 Å². The van der Waals surface area contributed by atoms with E-state index in [1.54, 1.807) is 24.4 Å². The van der Waals surface area contributed by atoms with Gasteiger partial charge >= 0.3 is 0 Å². The van der Waals surface area contributed by atoms with Crippen molar-refractivity contribution in [1.82, 2.24) is 10.4 Å². The number of aromatic nitrogens is 1. The molecule has 0 atom stereocenters. The summed E-state index contributed by atoms with van der Waals surface area (Å²) in [5, 5.41) is 7.37. The molecule has 0 unspecified atom stereocenters. The highest BCUT2D eigenvalue weighted by atomic mass is 32.1.